The second-order valence-electron chi connectivity index (χ2n) is 10.4. The number of anilines is 1. The van der Waals surface area contributed by atoms with Crippen LogP contribution in [0.4, 0.5) is 6.01 Å². The third-order valence-electron chi connectivity index (χ3n) is 7.60. The van der Waals surface area contributed by atoms with Gasteiger partial charge in [-0.3, -0.25) is 4.90 Å². The lowest BCUT2D eigenvalue weighted by molar-refractivity contribution is 0.120. The molecule has 1 saturated carbocycles. The molecule has 1 aliphatic carbocycles. The quantitative estimate of drug-likeness (QED) is 0.240. The van der Waals surface area contributed by atoms with Crippen LogP contribution >= 0.6 is 0 Å². The van der Waals surface area contributed by atoms with Crippen LogP contribution in [0.5, 0.6) is 17.2 Å². The first-order chi connectivity index (χ1) is 19.2. The molecule has 2 fully saturated rings. The highest BCUT2D eigenvalue weighted by atomic mass is 16.5. The molecule has 1 saturated heterocycles. The van der Waals surface area contributed by atoms with E-state index in [0.717, 1.165) is 79.4 Å². The van der Waals surface area contributed by atoms with Crippen molar-refractivity contribution in [1.29, 1.82) is 0 Å². The van der Waals surface area contributed by atoms with Crippen LogP contribution < -0.4 is 19.5 Å². The molecule has 2 aliphatic rings. The summed E-state index contributed by atoms with van der Waals surface area (Å²) >= 11 is 0. The molecule has 1 aliphatic heterocycles. The molecule has 2 aromatic carbocycles. The first-order valence-electron chi connectivity index (χ1n) is 14.3. The van der Waals surface area contributed by atoms with Gasteiger partial charge in [-0.25, -0.2) is 0 Å². The number of aromatic nitrogens is 2. The van der Waals surface area contributed by atoms with Crippen molar-refractivity contribution in [2.24, 2.45) is 0 Å². The Kier molecular flexibility index (Phi) is 7.63. The molecular formula is C31H38N4O4. The Morgan fingerprint density at radius 2 is 1.67 bits per heavy atom. The van der Waals surface area contributed by atoms with Crippen molar-refractivity contribution in [1.82, 2.24) is 14.5 Å². The fourth-order valence-electron chi connectivity index (χ4n) is 5.39. The fraction of sp³-hybridized carbons (Fsp3) is 0.452. The first-order valence-corrected chi connectivity index (χ1v) is 14.3. The van der Waals surface area contributed by atoms with E-state index in [4.69, 9.17) is 18.6 Å². The van der Waals surface area contributed by atoms with E-state index >= 15 is 0 Å². The Labute approximate surface area is 229 Å². The number of hydrogen-bond donors (Lipinski definition) is 1. The van der Waals surface area contributed by atoms with Crippen LogP contribution in [0, 0.1) is 0 Å². The molecule has 0 spiro atoms. The number of nitrogens with one attached hydrogen (secondary N) is 1. The molecule has 2 aromatic heterocycles. The summed E-state index contributed by atoms with van der Waals surface area (Å²) < 4.78 is 26.2. The minimum atomic E-state index is 0.328. The molecule has 3 heterocycles. The van der Waals surface area contributed by atoms with Crippen molar-refractivity contribution < 1.29 is 18.6 Å². The summed E-state index contributed by atoms with van der Waals surface area (Å²) in [5, 5.41) is 3.52. The number of fused-ring (bicyclic) bond motifs is 1. The van der Waals surface area contributed by atoms with Crippen LogP contribution in [0.2, 0.25) is 0 Å². The second kappa shape index (κ2) is 11.6. The smallest absolute Gasteiger partial charge is 0.295 e. The van der Waals surface area contributed by atoms with E-state index < -0.39 is 0 Å². The number of rotatable bonds is 11. The average Bonchev–Trinajstić information content (AvgIpc) is 3.57. The predicted octanol–water partition coefficient (Wildman–Crippen LogP) is 6.42. The molecule has 206 valence electrons. The molecule has 4 aromatic rings. The minimum Gasteiger partial charge on any atom is -0.492 e. The van der Waals surface area contributed by atoms with Gasteiger partial charge in [0.25, 0.3) is 6.01 Å². The van der Waals surface area contributed by atoms with Crippen molar-refractivity contribution in [2.75, 3.05) is 31.6 Å². The number of oxazole rings is 1. The number of hydrogen-bond acceptors (Lipinski definition) is 7. The van der Waals surface area contributed by atoms with Gasteiger partial charge in [0.1, 0.15) is 28.5 Å². The lowest BCUT2D eigenvalue weighted by Crippen LogP contribution is -2.38. The van der Waals surface area contributed by atoms with Crippen molar-refractivity contribution in [2.45, 2.75) is 64.6 Å². The normalized spacial score (nSPS) is 16.8. The van der Waals surface area contributed by atoms with Gasteiger partial charge in [0, 0.05) is 44.1 Å². The number of piperidine rings is 1. The Balaban J connectivity index is 1.08. The number of ether oxygens (including phenoxy) is 3. The van der Waals surface area contributed by atoms with E-state index in [2.05, 4.69) is 31.9 Å². The Bertz CT molecular complexity index is 1340. The van der Waals surface area contributed by atoms with Crippen LogP contribution in [0.25, 0.3) is 16.8 Å². The summed E-state index contributed by atoms with van der Waals surface area (Å²) in [6.07, 6.45) is 9.98. The van der Waals surface area contributed by atoms with Crippen LogP contribution in [0.3, 0.4) is 0 Å². The van der Waals surface area contributed by atoms with Crippen molar-refractivity contribution in [3.63, 3.8) is 0 Å². The Hall–Kier alpha value is -3.65. The first kappa shape index (κ1) is 25.6. The van der Waals surface area contributed by atoms with E-state index in [1.807, 2.05) is 56.6 Å². The lowest BCUT2D eigenvalue weighted by atomic mass is 9.96. The maximum atomic E-state index is 6.07. The van der Waals surface area contributed by atoms with Gasteiger partial charge in [0.05, 0.1) is 19.3 Å². The lowest BCUT2D eigenvalue weighted by Gasteiger charge is -2.32. The van der Waals surface area contributed by atoms with Gasteiger partial charge in [-0.2, -0.15) is 4.98 Å². The third-order valence-corrected chi connectivity index (χ3v) is 7.60. The summed E-state index contributed by atoms with van der Waals surface area (Å²) in [5.74, 6) is 2.58. The molecule has 39 heavy (non-hydrogen) atoms. The van der Waals surface area contributed by atoms with Gasteiger partial charge in [-0.15, -0.1) is 0 Å². The van der Waals surface area contributed by atoms with Crippen molar-refractivity contribution in [3.8, 4) is 22.9 Å². The Morgan fingerprint density at radius 3 is 2.31 bits per heavy atom. The molecule has 0 bridgehead atoms. The summed E-state index contributed by atoms with van der Waals surface area (Å²) in [4.78, 5) is 7.18. The minimum absolute atomic E-state index is 0.328. The molecular weight excluding hydrogens is 492 g/mol. The molecule has 0 amide bonds. The zero-order valence-corrected chi connectivity index (χ0v) is 22.9. The molecule has 0 unspecified atom stereocenters. The maximum absolute atomic E-state index is 6.07. The maximum Gasteiger partial charge on any atom is 0.295 e. The summed E-state index contributed by atoms with van der Waals surface area (Å²) in [6.45, 7) is 8.07. The molecule has 6 rings (SSSR count). The standard InChI is InChI=1S/C31H38N4O4/c1-3-36-28-18-22(19-29(37-4-2)30(28)35-14-5-6-15-35)21-34-16-12-23(13-17-34)32-31-33-26-20-25(10-11-27(26)39-31)38-24-8-7-9-24/h5-6,10-11,14-15,18-20,23-24H,3-4,7-9,12-13,16-17,21H2,1-2H3,(H,32,33). The van der Waals surface area contributed by atoms with Gasteiger partial charge in [0.15, 0.2) is 5.58 Å². The SMILES string of the molecule is CCOc1cc(CN2CCC(Nc3nc4cc(OC5CCC5)ccc4o3)CC2)cc(OCC)c1-n1cccc1. The van der Waals surface area contributed by atoms with Gasteiger partial charge in [-0.05, 0) is 87.9 Å². The number of likely N-dealkylation sites (tertiary alicyclic amines) is 1. The van der Waals surface area contributed by atoms with Crippen molar-refractivity contribution in [3.05, 3.63) is 60.4 Å². The monoisotopic (exact) mass is 530 g/mol. The van der Waals surface area contributed by atoms with Crippen molar-refractivity contribution >= 4 is 17.1 Å². The number of benzene rings is 2. The van der Waals surface area contributed by atoms with Gasteiger partial charge in [-0.1, -0.05) is 0 Å². The topological polar surface area (TPSA) is 73.9 Å². The van der Waals surface area contributed by atoms with Gasteiger partial charge in [0.2, 0.25) is 0 Å². The largest absolute Gasteiger partial charge is 0.492 e. The molecule has 8 nitrogen and oxygen atoms in total. The predicted molar refractivity (Wildman–Crippen MR) is 152 cm³/mol. The second-order valence-corrected chi connectivity index (χ2v) is 10.4. The average molecular weight is 531 g/mol. The Morgan fingerprint density at radius 1 is 0.949 bits per heavy atom. The van der Waals surface area contributed by atoms with Gasteiger partial charge < -0.3 is 28.5 Å². The van der Waals surface area contributed by atoms with E-state index in [0.29, 0.717) is 31.4 Å². The van der Waals surface area contributed by atoms with E-state index in [-0.39, 0.29) is 0 Å². The molecule has 1 N–H and O–H groups in total. The fourth-order valence-corrected chi connectivity index (χ4v) is 5.39. The zero-order chi connectivity index (χ0) is 26.6. The van der Waals surface area contributed by atoms with E-state index in [9.17, 15) is 0 Å². The molecule has 8 heteroatoms. The highest BCUT2D eigenvalue weighted by Gasteiger charge is 2.23. The zero-order valence-electron chi connectivity index (χ0n) is 22.9. The van der Waals surface area contributed by atoms with E-state index in [1.54, 1.807) is 0 Å². The van der Waals surface area contributed by atoms with Crippen LogP contribution in [-0.4, -0.2) is 52.9 Å². The molecule has 0 atom stereocenters. The summed E-state index contributed by atoms with van der Waals surface area (Å²) in [6, 6.07) is 15.2. The highest BCUT2D eigenvalue weighted by Crippen LogP contribution is 2.36. The van der Waals surface area contributed by atoms with Crippen LogP contribution in [0.15, 0.2) is 59.3 Å². The third kappa shape index (κ3) is 5.86. The molecule has 0 radical (unpaired) electrons. The number of nitrogens with zero attached hydrogens (tertiary/aromatic N) is 3. The van der Waals surface area contributed by atoms with E-state index in [1.165, 1.54) is 12.0 Å². The van der Waals surface area contributed by atoms with Crippen LogP contribution in [0.1, 0.15) is 51.5 Å². The van der Waals surface area contributed by atoms with Crippen LogP contribution in [-0.2, 0) is 6.54 Å². The summed E-state index contributed by atoms with van der Waals surface area (Å²) in [5.41, 5.74) is 3.78. The highest BCUT2D eigenvalue weighted by molar-refractivity contribution is 5.76. The summed E-state index contributed by atoms with van der Waals surface area (Å²) in [7, 11) is 0. The van der Waals surface area contributed by atoms with Gasteiger partial charge >= 0.3 is 0 Å².